The number of morpholine rings is 1. The average Bonchev–Trinajstić information content (AvgIpc) is 3.21. The molecule has 0 atom stereocenters. The molecule has 2 aromatic heterocycles. The van der Waals surface area contributed by atoms with Gasteiger partial charge in [0.1, 0.15) is 6.33 Å². The van der Waals surface area contributed by atoms with Gasteiger partial charge in [-0.1, -0.05) is 0 Å². The Bertz CT molecular complexity index is 1080. The Morgan fingerprint density at radius 3 is 2.29 bits per heavy atom. The standard InChI is InChI=1S/C26H40N8O/c1-18(2)33(19(3)4)12-11-27-24-23-25(29-17-28-24)34(20(5)6)26(31-23)30-21-7-9-22(10-8-21)32-13-15-35-16-14-32/h7-10,17-20H,11-16H2,1-6H3,(H,30,31)(H,27,28,29). The first-order chi connectivity index (χ1) is 16.8. The molecule has 190 valence electrons. The van der Waals surface area contributed by atoms with E-state index >= 15 is 0 Å². The highest BCUT2D eigenvalue weighted by atomic mass is 16.5. The summed E-state index contributed by atoms with van der Waals surface area (Å²) in [5.41, 5.74) is 3.82. The summed E-state index contributed by atoms with van der Waals surface area (Å²) in [6.07, 6.45) is 1.62. The topological polar surface area (TPSA) is 83.4 Å². The summed E-state index contributed by atoms with van der Waals surface area (Å²) in [7, 11) is 0. The minimum absolute atomic E-state index is 0.190. The van der Waals surface area contributed by atoms with Crippen molar-refractivity contribution in [3.05, 3.63) is 30.6 Å². The van der Waals surface area contributed by atoms with Crippen LogP contribution in [-0.4, -0.2) is 75.9 Å². The zero-order valence-corrected chi connectivity index (χ0v) is 22.0. The highest BCUT2D eigenvalue weighted by molar-refractivity contribution is 5.86. The van der Waals surface area contributed by atoms with Gasteiger partial charge < -0.3 is 20.3 Å². The molecule has 0 unspecified atom stereocenters. The molecule has 0 radical (unpaired) electrons. The quantitative estimate of drug-likeness (QED) is 0.438. The molecule has 0 amide bonds. The van der Waals surface area contributed by atoms with Crippen molar-refractivity contribution in [3.63, 3.8) is 0 Å². The van der Waals surface area contributed by atoms with Crippen LogP contribution in [0.25, 0.3) is 11.2 Å². The van der Waals surface area contributed by atoms with Gasteiger partial charge in [0.05, 0.1) is 13.2 Å². The summed E-state index contributed by atoms with van der Waals surface area (Å²) < 4.78 is 7.60. The monoisotopic (exact) mass is 480 g/mol. The van der Waals surface area contributed by atoms with Crippen molar-refractivity contribution in [3.8, 4) is 0 Å². The molecule has 0 bridgehead atoms. The van der Waals surface area contributed by atoms with Crippen LogP contribution in [0.4, 0.5) is 23.1 Å². The van der Waals surface area contributed by atoms with E-state index in [1.165, 1.54) is 5.69 Å². The second kappa shape index (κ2) is 11.2. The number of fused-ring (bicyclic) bond motifs is 1. The van der Waals surface area contributed by atoms with E-state index in [0.29, 0.717) is 12.1 Å². The summed E-state index contributed by atoms with van der Waals surface area (Å²) in [5.74, 6) is 1.54. The fraction of sp³-hybridized carbons (Fsp3) is 0.577. The maximum Gasteiger partial charge on any atom is 0.210 e. The lowest BCUT2D eigenvalue weighted by Gasteiger charge is -2.30. The summed E-state index contributed by atoms with van der Waals surface area (Å²) >= 11 is 0. The number of benzene rings is 1. The van der Waals surface area contributed by atoms with Gasteiger partial charge in [-0.25, -0.2) is 15.0 Å². The minimum Gasteiger partial charge on any atom is -0.378 e. The Morgan fingerprint density at radius 2 is 1.66 bits per heavy atom. The summed E-state index contributed by atoms with van der Waals surface area (Å²) in [6, 6.07) is 9.68. The molecule has 9 nitrogen and oxygen atoms in total. The first-order valence-corrected chi connectivity index (χ1v) is 12.8. The maximum atomic E-state index is 5.47. The third-order valence-corrected chi connectivity index (χ3v) is 6.48. The van der Waals surface area contributed by atoms with Crippen molar-refractivity contribution in [2.24, 2.45) is 0 Å². The van der Waals surface area contributed by atoms with Gasteiger partial charge in [-0.05, 0) is 65.8 Å². The molecular weight excluding hydrogens is 440 g/mol. The smallest absolute Gasteiger partial charge is 0.210 e. The van der Waals surface area contributed by atoms with Crippen molar-refractivity contribution in [1.29, 1.82) is 0 Å². The van der Waals surface area contributed by atoms with E-state index in [1.807, 2.05) is 0 Å². The number of imidazole rings is 1. The zero-order valence-electron chi connectivity index (χ0n) is 22.0. The number of rotatable bonds is 10. The van der Waals surface area contributed by atoms with Crippen LogP contribution in [0, 0.1) is 0 Å². The molecule has 1 aliphatic heterocycles. The number of anilines is 4. The van der Waals surface area contributed by atoms with E-state index in [0.717, 1.165) is 68.0 Å². The van der Waals surface area contributed by atoms with Crippen LogP contribution in [0.1, 0.15) is 47.6 Å². The molecule has 4 rings (SSSR count). The third kappa shape index (κ3) is 5.85. The second-order valence-corrected chi connectivity index (χ2v) is 9.92. The number of ether oxygens (including phenoxy) is 1. The highest BCUT2D eigenvalue weighted by Gasteiger charge is 2.19. The summed E-state index contributed by atoms with van der Waals surface area (Å²) in [4.78, 5) is 18.8. The molecule has 9 heteroatoms. The Hall–Kier alpha value is -2.91. The van der Waals surface area contributed by atoms with E-state index in [4.69, 9.17) is 9.72 Å². The molecule has 1 saturated heterocycles. The van der Waals surface area contributed by atoms with E-state index in [1.54, 1.807) is 6.33 Å². The lowest BCUT2D eigenvalue weighted by atomic mass is 10.2. The largest absolute Gasteiger partial charge is 0.378 e. The number of hydrogen-bond acceptors (Lipinski definition) is 8. The predicted octanol–water partition coefficient (Wildman–Crippen LogP) is 4.52. The average molecular weight is 481 g/mol. The molecule has 0 saturated carbocycles. The van der Waals surface area contributed by atoms with Crippen molar-refractivity contribution >= 4 is 34.3 Å². The fourth-order valence-electron chi connectivity index (χ4n) is 4.74. The van der Waals surface area contributed by atoms with Gasteiger partial charge in [-0.15, -0.1) is 0 Å². The van der Waals surface area contributed by atoms with Gasteiger partial charge in [-0.3, -0.25) is 9.47 Å². The molecule has 1 aliphatic rings. The van der Waals surface area contributed by atoms with Crippen molar-refractivity contribution in [1.82, 2.24) is 24.4 Å². The van der Waals surface area contributed by atoms with Crippen molar-refractivity contribution < 1.29 is 4.74 Å². The van der Waals surface area contributed by atoms with E-state index in [9.17, 15) is 0 Å². The summed E-state index contributed by atoms with van der Waals surface area (Å²) in [6.45, 7) is 18.4. The van der Waals surface area contributed by atoms with Gasteiger partial charge in [0, 0.05) is 55.7 Å². The zero-order chi connectivity index (χ0) is 24.9. The lowest BCUT2D eigenvalue weighted by molar-refractivity contribution is 0.122. The van der Waals surface area contributed by atoms with Gasteiger partial charge in [-0.2, -0.15) is 0 Å². The van der Waals surface area contributed by atoms with Gasteiger partial charge in [0.25, 0.3) is 0 Å². The van der Waals surface area contributed by atoms with E-state index < -0.39 is 0 Å². The van der Waals surface area contributed by atoms with Crippen LogP contribution in [0.15, 0.2) is 30.6 Å². The molecular formula is C26H40N8O. The van der Waals surface area contributed by atoms with Crippen LogP contribution >= 0.6 is 0 Å². The summed E-state index contributed by atoms with van der Waals surface area (Å²) in [5, 5.41) is 7.01. The van der Waals surface area contributed by atoms with Crippen molar-refractivity contribution in [2.45, 2.75) is 59.7 Å². The van der Waals surface area contributed by atoms with Gasteiger partial charge >= 0.3 is 0 Å². The molecule has 1 fully saturated rings. The maximum absolute atomic E-state index is 5.47. The van der Waals surface area contributed by atoms with Crippen LogP contribution < -0.4 is 15.5 Å². The number of hydrogen-bond donors (Lipinski definition) is 2. The molecule has 1 aromatic carbocycles. The molecule has 0 spiro atoms. The SMILES string of the molecule is CC(C)N(CCNc1ncnc2c1nc(Nc1ccc(N3CCOCC3)cc1)n2C(C)C)C(C)C. The van der Waals surface area contributed by atoms with Crippen LogP contribution in [0.2, 0.25) is 0 Å². The van der Waals surface area contributed by atoms with Crippen LogP contribution in [-0.2, 0) is 4.74 Å². The predicted molar refractivity (Wildman–Crippen MR) is 144 cm³/mol. The Morgan fingerprint density at radius 1 is 0.971 bits per heavy atom. The first-order valence-electron chi connectivity index (χ1n) is 12.8. The molecule has 3 aromatic rings. The molecule has 2 N–H and O–H groups in total. The Balaban J connectivity index is 1.54. The molecule has 35 heavy (non-hydrogen) atoms. The van der Waals surface area contributed by atoms with Gasteiger partial charge in [0.2, 0.25) is 5.95 Å². The van der Waals surface area contributed by atoms with E-state index in [2.05, 4.69) is 101 Å². The Kier molecular flexibility index (Phi) is 8.07. The highest BCUT2D eigenvalue weighted by Crippen LogP contribution is 2.29. The second-order valence-electron chi connectivity index (χ2n) is 9.92. The Labute approximate surface area is 208 Å². The first kappa shape index (κ1) is 25.2. The van der Waals surface area contributed by atoms with Crippen LogP contribution in [0.5, 0.6) is 0 Å². The van der Waals surface area contributed by atoms with Crippen molar-refractivity contribution in [2.75, 3.05) is 54.9 Å². The fourth-order valence-corrected chi connectivity index (χ4v) is 4.74. The number of nitrogens with one attached hydrogen (secondary N) is 2. The third-order valence-electron chi connectivity index (χ3n) is 6.48. The molecule has 0 aliphatic carbocycles. The number of nitrogens with zero attached hydrogens (tertiary/aromatic N) is 6. The molecule has 3 heterocycles. The van der Waals surface area contributed by atoms with E-state index in [-0.39, 0.29) is 6.04 Å². The lowest BCUT2D eigenvalue weighted by Crippen LogP contribution is -2.40. The van der Waals surface area contributed by atoms with Gasteiger partial charge in [0.15, 0.2) is 17.0 Å². The number of aromatic nitrogens is 4. The van der Waals surface area contributed by atoms with Crippen LogP contribution in [0.3, 0.4) is 0 Å². The normalized spacial score (nSPS) is 14.6. The minimum atomic E-state index is 0.190.